The lowest BCUT2D eigenvalue weighted by molar-refractivity contribution is -0.385. The van der Waals surface area contributed by atoms with Gasteiger partial charge in [0, 0.05) is 23.7 Å². The van der Waals surface area contributed by atoms with Gasteiger partial charge in [-0.1, -0.05) is 18.2 Å². The Bertz CT molecular complexity index is 696. The van der Waals surface area contributed by atoms with E-state index >= 15 is 0 Å². The highest BCUT2D eigenvalue weighted by Gasteiger charge is 2.17. The molecule has 2 aromatic rings. The normalized spacial score (nSPS) is 10.1. The first-order chi connectivity index (χ1) is 10.5. The van der Waals surface area contributed by atoms with E-state index in [0.29, 0.717) is 17.7 Å². The van der Waals surface area contributed by atoms with E-state index in [1.165, 1.54) is 12.1 Å². The van der Waals surface area contributed by atoms with Gasteiger partial charge in [0.1, 0.15) is 5.75 Å². The lowest BCUT2D eigenvalue weighted by Gasteiger charge is -2.08. The van der Waals surface area contributed by atoms with Crippen molar-refractivity contribution in [3.63, 3.8) is 0 Å². The molecule has 0 unspecified atom stereocenters. The van der Waals surface area contributed by atoms with Gasteiger partial charge in [0.15, 0.2) is 0 Å². The Morgan fingerprint density at radius 3 is 2.50 bits per heavy atom. The zero-order chi connectivity index (χ0) is 16.1. The van der Waals surface area contributed by atoms with Crippen molar-refractivity contribution in [3.8, 4) is 5.75 Å². The summed E-state index contributed by atoms with van der Waals surface area (Å²) in [6, 6.07) is 11.8. The largest absolute Gasteiger partial charge is 0.497 e. The van der Waals surface area contributed by atoms with Crippen LogP contribution in [0.4, 0.5) is 5.69 Å². The van der Waals surface area contributed by atoms with Gasteiger partial charge in [-0.3, -0.25) is 14.9 Å². The van der Waals surface area contributed by atoms with Crippen LogP contribution in [0.3, 0.4) is 0 Å². The van der Waals surface area contributed by atoms with Crippen LogP contribution in [0.25, 0.3) is 0 Å². The summed E-state index contributed by atoms with van der Waals surface area (Å²) in [6.07, 6.45) is 0. The second kappa shape index (κ2) is 6.71. The van der Waals surface area contributed by atoms with E-state index in [4.69, 9.17) is 4.74 Å². The fourth-order valence-corrected chi connectivity index (χ4v) is 2.09. The van der Waals surface area contributed by atoms with Crippen molar-refractivity contribution in [1.29, 1.82) is 0 Å². The van der Waals surface area contributed by atoms with E-state index < -0.39 is 4.92 Å². The summed E-state index contributed by atoms with van der Waals surface area (Å²) in [5.74, 6) is 0.404. The summed E-state index contributed by atoms with van der Waals surface area (Å²) < 4.78 is 5.06. The molecule has 0 bridgehead atoms. The molecule has 0 spiro atoms. The fourth-order valence-electron chi connectivity index (χ4n) is 2.09. The number of carbonyl (C=O) groups excluding carboxylic acids is 1. The van der Waals surface area contributed by atoms with Crippen LogP contribution in [0.1, 0.15) is 21.5 Å². The van der Waals surface area contributed by atoms with E-state index in [0.717, 1.165) is 11.3 Å². The van der Waals surface area contributed by atoms with Crippen LogP contribution >= 0.6 is 0 Å². The molecule has 0 saturated heterocycles. The zero-order valence-corrected chi connectivity index (χ0v) is 12.3. The maximum absolute atomic E-state index is 12.2. The standard InChI is InChI=1S/C16H16N2O4/c1-11-14(4-3-5-15(11)18(20)21)16(19)17-10-12-6-8-13(22-2)9-7-12/h3-9H,10H2,1-2H3,(H,17,19). The number of rotatable bonds is 5. The van der Waals surface area contributed by atoms with Crippen molar-refractivity contribution in [2.24, 2.45) is 0 Å². The third-order valence-electron chi connectivity index (χ3n) is 3.36. The first-order valence-electron chi connectivity index (χ1n) is 6.68. The Morgan fingerprint density at radius 2 is 1.91 bits per heavy atom. The van der Waals surface area contributed by atoms with E-state index in [-0.39, 0.29) is 11.6 Å². The third kappa shape index (κ3) is 3.41. The van der Waals surface area contributed by atoms with Gasteiger partial charge in [-0.2, -0.15) is 0 Å². The van der Waals surface area contributed by atoms with Crippen LogP contribution in [0, 0.1) is 17.0 Å². The van der Waals surface area contributed by atoms with Crippen LogP contribution < -0.4 is 10.1 Å². The lowest BCUT2D eigenvalue weighted by Crippen LogP contribution is -2.23. The summed E-state index contributed by atoms with van der Waals surface area (Å²) in [6.45, 7) is 1.91. The van der Waals surface area contributed by atoms with Crippen molar-refractivity contribution < 1.29 is 14.5 Å². The smallest absolute Gasteiger partial charge is 0.273 e. The minimum atomic E-state index is -0.490. The maximum atomic E-state index is 12.2. The van der Waals surface area contributed by atoms with Gasteiger partial charge in [-0.25, -0.2) is 0 Å². The molecule has 6 nitrogen and oxygen atoms in total. The number of ether oxygens (including phenoxy) is 1. The molecule has 1 amide bonds. The number of carbonyl (C=O) groups is 1. The monoisotopic (exact) mass is 300 g/mol. The lowest BCUT2D eigenvalue weighted by atomic mass is 10.1. The molecule has 0 atom stereocenters. The molecule has 2 aromatic carbocycles. The van der Waals surface area contributed by atoms with Gasteiger partial charge >= 0.3 is 0 Å². The van der Waals surface area contributed by atoms with E-state index in [9.17, 15) is 14.9 Å². The van der Waals surface area contributed by atoms with Crippen molar-refractivity contribution in [2.75, 3.05) is 7.11 Å². The molecule has 0 radical (unpaired) electrons. The molecular formula is C16H16N2O4. The zero-order valence-electron chi connectivity index (χ0n) is 12.3. The number of benzene rings is 2. The number of methoxy groups -OCH3 is 1. The van der Waals surface area contributed by atoms with E-state index in [1.807, 2.05) is 12.1 Å². The Hall–Kier alpha value is -2.89. The number of nitro benzene ring substituents is 1. The molecule has 2 rings (SSSR count). The fraction of sp³-hybridized carbons (Fsp3) is 0.188. The van der Waals surface area contributed by atoms with Crippen molar-refractivity contribution in [2.45, 2.75) is 13.5 Å². The van der Waals surface area contributed by atoms with Crippen molar-refractivity contribution >= 4 is 11.6 Å². The Labute approximate surface area is 127 Å². The first kappa shape index (κ1) is 15.5. The van der Waals surface area contributed by atoms with Crippen LogP contribution in [-0.2, 0) is 6.54 Å². The predicted molar refractivity (Wildman–Crippen MR) is 82.0 cm³/mol. The minimum absolute atomic E-state index is 0.0582. The number of nitrogens with zero attached hydrogens (tertiary/aromatic N) is 1. The Morgan fingerprint density at radius 1 is 1.23 bits per heavy atom. The molecule has 0 aliphatic rings. The SMILES string of the molecule is COc1ccc(CNC(=O)c2cccc([N+](=O)[O-])c2C)cc1. The molecule has 0 heterocycles. The average molecular weight is 300 g/mol. The third-order valence-corrected chi connectivity index (χ3v) is 3.36. The Balaban J connectivity index is 2.09. The molecule has 0 fully saturated rings. The molecule has 0 aliphatic heterocycles. The number of nitrogens with one attached hydrogen (secondary N) is 1. The van der Waals surface area contributed by atoms with Gasteiger partial charge in [0.25, 0.3) is 11.6 Å². The minimum Gasteiger partial charge on any atom is -0.497 e. The summed E-state index contributed by atoms with van der Waals surface area (Å²) >= 11 is 0. The van der Waals surface area contributed by atoms with Crippen molar-refractivity contribution in [1.82, 2.24) is 5.32 Å². The average Bonchev–Trinajstić information content (AvgIpc) is 2.53. The van der Waals surface area contributed by atoms with Crippen LogP contribution in [0.15, 0.2) is 42.5 Å². The highest BCUT2D eigenvalue weighted by atomic mass is 16.6. The molecular weight excluding hydrogens is 284 g/mol. The second-order valence-corrected chi connectivity index (χ2v) is 4.74. The summed E-state index contributed by atoms with van der Waals surface area (Å²) in [4.78, 5) is 22.6. The summed E-state index contributed by atoms with van der Waals surface area (Å²) in [5, 5.41) is 13.7. The highest BCUT2D eigenvalue weighted by Crippen LogP contribution is 2.21. The molecule has 22 heavy (non-hydrogen) atoms. The van der Waals surface area contributed by atoms with E-state index in [2.05, 4.69) is 5.32 Å². The van der Waals surface area contributed by atoms with Gasteiger partial charge in [-0.05, 0) is 30.7 Å². The van der Waals surface area contributed by atoms with Gasteiger partial charge in [0.2, 0.25) is 0 Å². The summed E-state index contributed by atoms with van der Waals surface area (Å²) in [7, 11) is 1.59. The molecule has 0 saturated carbocycles. The van der Waals surface area contributed by atoms with Gasteiger partial charge < -0.3 is 10.1 Å². The first-order valence-corrected chi connectivity index (χ1v) is 6.68. The Kier molecular flexibility index (Phi) is 4.73. The summed E-state index contributed by atoms with van der Waals surface area (Å²) in [5.41, 5.74) is 1.52. The predicted octanol–water partition coefficient (Wildman–Crippen LogP) is 2.84. The van der Waals surface area contributed by atoms with Crippen LogP contribution in [0.5, 0.6) is 5.75 Å². The van der Waals surface area contributed by atoms with Gasteiger partial charge in [-0.15, -0.1) is 0 Å². The van der Waals surface area contributed by atoms with Crippen LogP contribution in [-0.4, -0.2) is 17.9 Å². The second-order valence-electron chi connectivity index (χ2n) is 4.74. The number of amides is 1. The topological polar surface area (TPSA) is 81.5 Å². The number of hydrogen-bond donors (Lipinski definition) is 1. The maximum Gasteiger partial charge on any atom is 0.273 e. The highest BCUT2D eigenvalue weighted by molar-refractivity contribution is 5.96. The van der Waals surface area contributed by atoms with Crippen LogP contribution in [0.2, 0.25) is 0 Å². The quantitative estimate of drug-likeness (QED) is 0.680. The number of nitro groups is 1. The van der Waals surface area contributed by atoms with Gasteiger partial charge in [0.05, 0.1) is 12.0 Å². The van der Waals surface area contributed by atoms with E-state index in [1.54, 1.807) is 32.2 Å². The van der Waals surface area contributed by atoms with Crippen molar-refractivity contribution in [3.05, 3.63) is 69.3 Å². The molecule has 6 heteroatoms. The molecule has 1 N–H and O–H groups in total. The molecule has 0 aliphatic carbocycles. The number of hydrogen-bond acceptors (Lipinski definition) is 4. The molecule has 0 aromatic heterocycles. The molecule has 114 valence electrons.